The lowest BCUT2D eigenvalue weighted by Gasteiger charge is -2.34. The maximum absolute atomic E-state index is 12.2. The predicted octanol–water partition coefficient (Wildman–Crippen LogP) is 2.78. The lowest BCUT2D eigenvalue weighted by atomic mass is 10.2. The highest BCUT2D eigenvalue weighted by atomic mass is 32.1. The maximum atomic E-state index is 12.2. The largest absolute Gasteiger partial charge is 0.334 e. The molecular weight excluding hydrogens is 294 g/mol. The fourth-order valence-electron chi connectivity index (χ4n) is 2.63. The van der Waals surface area contributed by atoms with Crippen LogP contribution in [0.2, 0.25) is 0 Å². The third-order valence-electron chi connectivity index (χ3n) is 3.93. The molecule has 1 aliphatic rings. The van der Waals surface area contributed by atoms with Crippen LogP contribution in [0.4, 0.5) is 4.79 Å². The first kappa shape index (κ1) is 15.1. The van der Waals surface area contributed by atoms with Crippen molar-refractivity contribution in [2.45, 2.75) is 13.1 Å². The number of hydrogen-bond acceptors (Lipinski definition) is 3. The van der Waals surface area contributed by atoms with Gasteiger partial charge in [0.15, 0.2) is 0 Å². The van der Waals surface area contributed by atoms with Crippen LogP contribution in [0.15, 0.2) is 47.2 Å². The van der Waals surface area contributed by atoms with Crippen LogP contribution in [0.25, 0.3) is 0 Å². The molecule has 1 aliphatic heterocycles. The van der Waals surface area contributed by atoms with Crippen molar-refractivity contribution in [1.82, 2.24) is 15.1 Å². The van der Waals surface area contributed by atoms with Crippen LogP contribution in [0.3, 0.4) is 0 Å². The Morgan fingerprint density at radius 1 is 1.05 bits per heavy atom. The molecule has 1 N–H and O–H groups in total. The second-order valence-electron chi connectivity index (χ2n) is 5.54. The number of thiophene rings is 1. The molecule has 1 saturated heterocycles. The van der Waals surface area contributed by atoms with Gasteiger partial charge in [0.05, 0.1) is 0 Å². The van der Waals surface area contributed by atoms with Crippen LogP contribution in [0.5, 0.6) is 0 Å². The van der Waals surface area contributed by atoms with E-state index in [0.29, 0.717) is 6.54 Å². The molecule has 0 unspecified atom stereocenters. The molecule has 3 rings (SSSR count). The average Bonchev–Trinajstić information content (AvgIpc) is 3.08. The SMILES string of the molecule is O=C(NCc1ccsc1)N1CCN(Cc2ccccc2)CC1. The summed E-state index contributed by atoms with van der Waals surface area (Å²) >= 11 is 1.66. The van der Waals surface area contributed by atoms with E-state index in [4.69, 9.17) is 0 Å². The number of piperazine rings is 1. The first-order valence-corrected chi connectivity index (χ1v) is 8.56. The van der Waals surface area contributed by atoms with Crippen molar-refractivity contribution in [1.29, 1.82) is 0 Å². The molecule has 1 fully saturated rings. The Labute approximate surface area is 135 Å². The van der Waals surface area contributed by atoms with E-state index in [2.05, 4.69) is 39.9 Å². The number of benzene rings is 1. The Balaban J connectivity index is 1.42. The molecule has 2 aromatic rings. The Hall–Kier alpha value is -1.85. The van der Waals surface area contributed by atoms with Crippen molar-refractivity contribution in [2.24, 2.45) is 0 Å². The fourth-order valence-corrected chi connectivity index (χ4v) is 3.30. The third-order valence-corrected chi connectivity index (χ3v) is 4.66. The molecule has 2 heterocycles. The highest BCUT2D eigenvalue weighted by Crippen LogP contribution is 2.09. The molecule has 1 aromatic heterocycles. The van der Waals surface area contributed by atoms with E-state index in [0.717, 1.165) is 32.7 Å². The highest BCUT2D eigenvalue weighted by Gasteiger charge is 2.20. The van der Waals surface area contributed by atoms with Crippen molar-refractivity contribution in [3.05, 3.63) is 58.3 Å². The van der Waals surface area contributed by atoms with Crippen molar-refractivity contribution in [3.8, 4) is 0 Å². The summed E-state index contributed by atoms with van der Waals surface area (Å²) in [6, 6.07) is 12.6. The number of rotatable bonds is 4. The molecule has 0 saturated carbocycles. The lowest BCUT2D eigenvalue weighted by Crippen LogP contribution is -2.51. The zero-order valence-corrected chi connectivity index (χ0v) is 13.4. The molecule has 0 radical (unpaired) electrons. The van der Waals surface area contributed by atoms with Gasteiger partial charge in [-0.25, -0.2) is 4.79 Å². The Morgan fingerprint density at radius 3 is 2.50 bits per heavy atom. The van der Waals surface area contributed by atoms with E-state index < -0.39 is 0 Å². The van der Waals surface area contributed by atoms with E-state index in [9.17, 15) is 4.79 Å². The van der Waals surface area contributed by atoms with Crippen LogP contribution < -0.4 is 5.32 Å². The summed E-state index contributed by atoms with van der Waals surface area (Å²) in [6.45, 7) is 5.03. The summed E-state index contributed by atoms with van der Waals surface area (Å²) in [5, 5.41) is 7.09. The number of nitrogens with one attached hydrogen (secondary N) is 1. The smallest absolute Gasteiger partial charge is 0.317 e. The molecule has 0 aliphatic carbocycles. The highest BCUT2D eigenvalue weighted by molar-refractivity contribution is 7.07. The van der Waals surface area contributed by atoms with Gasteiger partial charge in [0.25, 0.3) is 0 Å². The fraction of sp³-hybridized carbons (Fsp3) is 0.353. The van der Waals surface area contributed by atoms with Gasteiger partial charge in [-0.2, -0.15) is 11.3 Å². The Bertz CT molecular complexity index is 577. The molecular formula is C17H21N3OS. The number of carbonyl (C=O) groups excluding carboxylic acids is 1. The zero-order valence-electron chi connectivity index (χ0n) is 12.6. The molecule has 1 aromatic carbocycles. The van der Waals surface area contributed by atoms with Crippen LogP contribution in [0.1, 0.15) is 11.1 Å². The van der Waals surface area contributed by atoms with E-state index in [1.165, 1.54) is 11.1 Å². The summed E-state index contributed by atoms with van der Waals surface area (Å²) in [6.07, 6.45) is 0. The maximum Gasteiger partial charge on any atom is 0.317 e. The summed E-state index contributed by atoms with van der Waals surface area (Å²) in [5.74, 6) is 0. The third kappa shape index (κ3) is 4.08. The van der Waals surface area contributed by atoms with Gasteiger partial charge in [0, 0.05) is 39.3 Å². The normalized spacial score (nSPS) is 15.7. The van der Waals surface area contributed by atoms with Crippen LogP contribution in [0, 0.1) is 0 Å². The van der Waals surface area contributed by atoms with E-state index in [1.807, 2.05) is 22.4 Å². The van der Waals surface area contributed by atoms with Gasteiger partial charge in [-0.1, -0.05) is 30.3 Å². The van der Waals surface area contributed by atoms with Crippen molar-refractivity contribution in [3.63, 3.8) is 0 Å². The standard InChI is InChI=1S/C17H21N3OS/c21-17(18-12-16-6-11-22-14-16)20-9-7-19(8-10-20)13-15-4-2-1-3-5-15/h1-6,11,14H,7-10,12-13H2,(H,18,21). The minimum absolute atomic E-state index is 0.0468. The quantitative estimate of drug-likeness (QED) is 0.942. The van der Waals surface area contributed by atoms with E-state index in [1.54, 1.807) is 11.3 Å². The van der Waals surface area contributed by atoms with E-state index in [-0.39, 0.29) is 6.03 Å². The minimum atomic E-state index is 0.0468. The minimum Gasteiger partial charge on any atom is -0.334 e. The van der Waals surface area contributed by atoms with Gasteiger partial charge >= 0.3 is 6.03 Å². The van der Waals surface area contributed by atoms with Gasteiger partial charge in [-0.05, 0) is 28.0 Å². The Kier molecular flexibility index (Phi) is 5.08. The van der Waals surface area contributed by atoms with Gasteiger partial charge < -0.3 is 10.2 Å². The monoisotopic (exact) mass is 315 g/mol. The number of amides is 2. The molecule has 116 valence electrons. The van der Waals surface area contributed by atoms with Crippen LogP contribution in [-0.2, 0) is 13.1 Å². The van der Waals surface area contributed by atoms with Crippen molar-refractivity contribution >= 4 is 17.4 Å². The second-order valence-corrected chi connectivity index (χ2v) is 6.32. The predicted molar refractivity (Wildman–Crippen MR) is 89.8 cm³/mol. The molecule has 4 nitrogen and oxygen atoms in total. The molecule has 0 atom stereocenters. The summed E-state index contributed by atoms with van der Waals surface area (Å²) < 4.78 is 0. The Morgan fingerprint density at radius 2 is 1.82 bits per heavy atom. The van der Waals surface area contributed by atoms with Gasteiger partial charge in [-0.15, -0.1) is 0 Å². The molecule has 0 bridgehead atoms. The van der Waals surface area contributed by atoms with Crippen molar-refractivity contribution < 1.29 is 4.79 Å². The second kappa shape index (κ2) is 7.42. The number of urea groups is 1. The first-order valence-electron chi connectivity index (χ1n) is 7.61. The molecule has 0 spiro atoms. The summed E-state index contributed by atoms with van der Waals surface area (Å²) in [4.78, 5) is 16.5. The summed E-state index contributed by atoms with van der Waals surface area (Å²) in [5.41, 5.74) is 2.50. The van der Waals surface area contributed by atoms with Crippen LogP contribution >= 0.6 is 11.3 Å². The number of carbonyl (C=O) groups is 1. The molecule has 5 heteroatoms. The number of nitrogens with zero attached hydrogens (tertiary/aromatic N) is 2. The zero-order chi connectivity index (χ0) is 15.2. The van der Waals surface area contributed by atoms with Gasteiger partial charge in [-0.3, -0.25) is 4.90 Å². The average molecular weight is 315 g/mol. The lowest BCUT2D eigenvalue weighted by molar-refractivity contribution is 0.135. The summed E-state index contributed by atoms with van der Waals surface area (Å²) in [7, 11) is 0. The topological polar surface area (TPSA) is 35.6 Å². The molecule has 22 heavy (non-hydrogen) atoms. The van der Waals surface area contributed by atoms with Crippen LogP contribution in [-0.4, -0.2) is 42.0 Å². The van der Waals surface area contributed by atoms with Crippen molar-refractivity contribution in [2.75, 3.05) is 26.2 Å². The van der Waals surface area contributed by atoms with E-state index >= 15 is 0 Å². The first-order chi connectivity index (χ1) is 10.8. The van der Waals surface area contributed by atoms with Gasteiger partial charge in [0.2, 0.25) is 0 Å². The molecule has 2 amide bonds. The van der Waals surface area contributed by atoms with Gasteiger partial charge in [0.1, 0.15) is 0 Å². The number of hydrogen-bond donors (Lipinski definition) is 1.